The Morgan fingerprint density at radius 2 is 1.40 bits per heavy atom. The number of rotatable bonds is 16. The van der Waals surface area contributed by atoms with Crippen LogP contribution in [0.3, 0.4) is 0 Å². The summed E-state index contributed by atoms with van der Waals surface area (Å²) in [5, 5.41) is 0.551. The lowest BCUT2D eigenvalue weighted by Gasteiger charge is -2.38. The third kappa shape index (κ3) is 9.21. The minimum atomic E-state index is -0.776. The molecular weight excluding hydrogens is 530 g/mol. The molecule has 7 heteroatoms. The van der Waals surface area contributed by atoms with E-state index in [4.69, 9.17) is 14.3 Å². The van der Waals surface area contributed by atoms with Gasteiger partial charge in [-0.05, 0) is 87.8 Å². The summed E-state index contributed by atoms with van der Waals surface area (Å²) in [7, 11) is 0. The van der Waals surface area contributed by atoms with Crippen molar-refractivity contribution < 1.29 is 28.7 Å². The number of hydroxylamine groups is 2. The number of carbonyl (C=O) groups excluding carboxylic acids is 3. The van der Waals surface area contributed by atoms with E-state index in [1.165, 1.54) is 51.4 Å². The molecule has 0 aromatic heterocycles. The summed E-state index contributed by atoms with van der Waals surface area (Å²) in [6.45, 7) is 17.3. The lowest BCUT2D eigenvalue weighted by atomic mass is 9.83. The monoisotopic (exact) mass is 585 g/mol. The van der Waals surface area contributed by atoms with Crippen molar-refractivity contribution in [2.24, 2.45) is 17.8 Å². The van der Waals surface area contributed by atoms with Gasteiger partial charge in [-0.25, -0.2) is 4.79 Å². The molecule has 1 saturated heterocycles. The lowest BCUT2D eigenvalue weighted by Crippen LogP contribution is -2.37. The molecule has 3 rings (SSSR count). The summed E-state index contributed by atoms with van der Waals surface area (Å²) in [6, 6.07) is 0. The second-order valence-corrected chi connectivity index (χ2v) is 13.8. The predicted octanol–water partition coefficient (Wildman–Crippen LogP) is 8.12. The molecule has 1 fully saturated rings. The van der Waals surface area contributed by atoms with E-state index in [1.54, 1.807) is 0 Å². The van der Waals surface area contributed by atoms with Crippen molar-refractivity contribution in [3.8, 4) is 11.5 Å². The number of benzene rings is 1. The van der Waals surface area contributed by atoms with Gasteiger partial charge in [-0.15, -0.1) is 5.06 Å². The number of nitrogens with zero attached hydrogens (tertiary/aromatic N) is 1. The van der Waals surface area contributed by atoms with E-state index in [2.05, 4.69) is 34.6 Å². The third-order valence-corrected chi connectivity index (χ3v) is 9.37. The molecule has 2 aliphatic rings. The molecule has 7 nitrogen and oxygen atoms in total. The summed E-state index contributed by atoms with van der Waals surface area (Å²) < 4.78 is 12.6. The first kappa shape index (κ1) is 33.9. The van der Waals surface area contributed by atoms with Gasteiger partial charge >= 0.3 is 5.97 Å². The van der Waals surface area contributed by atoms with Crippen molar-refractivity contribution in [3.63, 3.8) is 0 Å². The Kier molecular flexibility index (Phi) is 12.3. The van der Waals surface area contributed by atoms with Crippen LogP contribution in [0.1, 0.15) is 134 Å². The average molecular weight is 586 g/mol. The molecular formula is C35H55NO6. The summed E-state index contributed by atoms with van der Waals surface area (Å²) in [6.07, 6.45) is 13.5. The van der Waals surface area contributed by atoms with Crippen molar-refractivity contribution >= 4 is 17.8 Å². The van der Waals surface area contributed by atoms with E-state index in [0.29, 0.717) is 10.8 Å². The molecule has 2 amide bonds. The Morgan fingerprint density at radius 3 is 2.00 bits per heavy atom. The minimum Gasteiger partial charge on any atom is -0.487 e. The fourth-order valence-corrected chi connectivity index (χ4v) is 6.39. The molecule has 1 aromatic carbocycles. The maximum Gasteiger partial charge on any atom is 0.370 e. The van der Waals surface area contributed by atoms with Crippen molar-refractivity contribution in [1.82, 2.24) is 5.06 Å². The summed E-state index contributed by atoms with van der Waals surface area (Å²) in [4.78, 5) is 40.8. The highest BCUT2D eigenvalue weighted by atomic mass is 16.7. The van der Waals surface area contributed by atoms with Crippen LogP contribution in [0.2, 0.25) is 0 Å². The van der Waals surface area contributed by atoms with Crippen LogP contribution in [0.15, 0.2) is 0 Å². The highest BCUT2D eigenvalue weighted by molar-refractivity contribution is 6.01. The zero-order valence-corrected chi connectivity index (χ0v) is 27.5. The number of imide groups is 1. The second kappa shape index (κ2) is 15.2. The fraction of sp³-hybridized carbons (Fsp3) is 0.743. The predicted molar refractivity (Wildman–Crippen MR) is 165 cm³/mol. The van der Waals surface area contributed by atoms with E-state index in [9.17, 15) is 14.4 Å². The Bertz CT molecular complexity index is 1100. The van der Waals surface area contributed by atoms with Gasteiger partial charge in [0.05, 0.1) is 0 Å². The summed E-state index contributed by atoms with van der Waals surface area (Å²) in [5.74, 6) is 2.20. The third-order valence-electron chi connectivity index (χ3n) is 9.37. The molecule has 236 valence electrons. The van der Waals surface area contributed by atoms with Crippen LogP contribution in [0.5, 0.6) is 11.5 Å². The molecule has 2 heterocycles. The molecule has 0 N–H and O–H groups in total. The molecule has 3 atom stereocenters. The SMILES string of the molecule is Cc1c(C)c2c(c(C)c1OCC(=O)ON1C(=O)CCC1=O)CCC(C)(CCCC(C)CCCC(C)CCCC(C)C)O2. The molecule has 2 aliphatic heterocycles. The van der Waals surface area contributed by atoms with Gasteiger partial charge in [0.1, 0.15) is 17.1 Å². The summed E-state index contributed by atoms with van der Waals surface area (Å²) in [5.41, 5.74) is 3.83. The van der Waals surface area contributed by atoms with Crippen LogP contribution >= 0.6 is 0 Å². The molecule has 3 unspecified atom stereocenters. The van der Waals surface area contributed by atoms with E-state index < -0.39 is 17.8 Å². The van der Waals surface area contributed by atoms with Crippen LogP contribution in [-0.4, -0.2) is 35.1 Å². The van der Waals surface area contributed by atoms with E-state index >= 15 is 0 Å². The largest absolute Gasteiger partial charge is 0.487 e. The standard InChI is InChI=1S/C35H55NO6/c1-23(2)12-9-13-24(3)14-10-15-25(4)16-11-20-35(8)21-19-29-28(7)33(26(5)27(6)34(29)41-35)40-22-32(39)42-36-30(37)17-18-31(36)38/h23-25H,9-22H2,1-8H3. The van der Waals surface area contributed by atoms with Gasteiger partial charge in [0, 0.05) is 18.4 Å². The molecule has 42 heavy (non-hydrogen) atoms. The Hall–Kier alpha value is -2.57. The maximum atomic E-state index is 12.3. The molecule has 0 spiro atoms. The van der Waals surface area contributed by atoms with Gasteiger partial charge in [0.25, 0.3) is 11.8 Å². The minimum absolute atomic E-state index is 0.0608. The van der Waals surface area contributed by atoms with Gasteiger partial charge in [-0.3, -0.25) is 9.59 Å². The molecule has 0 saturated carbocycles. The van der Waals surface area contributed by atoms with E-state index in [1.807, 2.05) is 20.8 Å². The van der Waals surface area contributed by atoms with Gasteiger partial charge in [0.2, 0.25) is 0 Å². The van der Waals surface area contributed by atoms with Gasteiger partial charge in [-0.2, -0.15) is 0 Å². The van der Waals surface area contributed by atoms with Gasteiger partial charge in [-0.1, -0.05) is 72.6 Å². The Labute approximate surface area is 254 Å². The second-order valence-electron chi connectivity index (χ2n) is 13.8. The normalized spacial score (nSPS) is 20.0. The number of hydrogen-bond donors (Lipinski definition) is 0. The Balaban J connectivity index is 1.48. The van der Waals surface area contributed by atoms with Crippen LogP contribution in [0.25, 0.3) is 0 Å². The van der Waals surface area contributed by atoms with Crippen LogP contribution in [0, 0.1) is 38.5 Å². The van der Waals surface area contributed by atoms with Crippen LogP contribution in [-0.2, 0) is 25.6 Å². The smallest absolute Gasteiger partial charge is 0.370 e. The zero-order valence-electron chi connectivity index (χ0n) is 27.5. The van der Waals surface area contributed by atoms with E-state index in [-0.39, 0.29) is 25.0 Å². The van der Waals surface area contributed by atoms with Crippen molar-refractivity contribution in [2.45, 2.75) is 144 Å². The van der Waals surface area contributed by atoms with Crippen molar-refractivity contribution in [2.75, 3.05) is 6.61 Å². The van der Waals surface area contributed by atoms with Crippen LogP contribution in [0.4, 0.5) is 0 Å². The number of amides is 2. The topological polar surface area (TPSA) is 82.1 Å². The molecule has 0 radical (unpaired) electrons. The molecule has 0 bridgehead atoms. The zero-order chi connectivity index (χ0) is 31.0. The van der Waals surface area contributed by atoms with Crippen molar-refractivity contribution in [1.29, 1.82) is 0 Å². The lowest BCUT2D eigenvalue weighted by molar-refractivity contribution is -0.198. The number of hydrogen-bond acceptors (Lipinski definition) is 6. The average Bonchev–Trinajstić information content (AvgIpc) is 3.23. The summed E-state index contributed by atoms with van der Waals surface area (Å²) >= 11 is 0. The first-order valence-corrected chi connectivity index (χ1v) is 16.3. The highest BCUT2D eigenvalue weighted by Gasteiger charge is 2.35. The van der Waals surface area contributed by atoms with E-state index in [0.717, 1.165) is 65.0 Å². The first-order chi connectivity index (χ1) is 19.8. The number of carbonyl (C=O) groups is 3. The van der Waals surface area contributed by atoms with Gasteiger partial charge < -0.3 is 14.3 Å². The van der Waals surface area contributed by atoms with Crippen molar-refractivity contribution in [3.05, 3.63) is 22.3 Å². The van der Waals surface area contributed by atoms with Gasteiger partial charge in [0.15, 0.2) is 6.61 Å². The number of ether oxygens (including phenoxy) is 2. The first-order valence-electron chi connectivity index (χ1n) is 16.3. The molecule has 1 aromatic rings. The maximum absolute atomic E-state index is 12.3. The number of fused-ring (bicyclic) bond motifs is 1. The van der Waals surface area contributed by atoms with Crippen LogP contribution < -0.4 is 9.47 Å². The molecule has 0 aliphatic carbocycles. The highest BCUT2D eigenvalue weighted by Crippen LogP contribution is 2.45. The Morgan fingerprint density at radius 1 is 0.833 bits per heavy atom. The quantitative estimate of drug-likeness (QED) is 0.182. The fourth-order valence-electron chi connectivity index (χ4n) is 6.39.